The lowest BCUT2D eigenvalue weighted by atomic mass is 10.1. The van der Waals surface area contributed by atoms with Gasteiger partial charge < -0.3 is 14.8 Å². The molecule has 116 valence electrons. The predicted molar refractivity (Wildman–Crippen MR) is 87.7 cm³/mol. The van der Waals surface area contributed by atoms with Crippen LogP contribution in [-0.4, -0.2) is 19.6 Å². The van der Waals surface area contributed by atoms with Gasteiger partial charge in [-0.25, -0.2) is 0 Å². The smallest absolute Gasteiger partial charge is 0.227 e. The first-order chi connectivity index (χ1) is 10.6. The fraction of sp³-hybridized carbons (Fsp3) is 0.278. The molecule has 2 rings (SSSR count). The molecule has 0 aromatic heterocycles. The van der Waals surface area contributed by atoms with Crippen LogP contribution >= 0.6 is 0 Å². The molecule has 0 unspecified atom stereocenters. The van der Waals surface area contributed by atoms with Crippen LogP contribution in [0.1, 0.15) is 17.5 Å². The van der Waals surface area contributed by atoms with Crippen molar-refractivity contribution in [3.63, 3.8) is 0 Å². The van der Waals surface area contributed by atoms with Crippen molar-refractivity contribution in [2.75, 3.05) is 19.0 Å². The van der Waals surface area contributed by atoms with E-state index in [0.29, 0.717) is 18.1 Å². The number of carbonyl (C=O) groups excluding carboxylic acids is 1. The monoisotopic (exact) mass is 299 g/mol. The van der Waals surface area contributed by atoms with Crippen LogP contribution in [-0.2, 0) is 4.79 Å². The molecule has 0 aliphatic heterocycles. The number of aryl methyl sites for hydroxylation is 1. The van der Waals surface area contributed by atoms with E-state index in [2.05, 4.69) is 5.32 Å². The van der Waals surface area contributed by atoms with E-state index in [0.717, 1.165) is 16.8 Å². The summed E-state index contributed by atoms with van der Waals surface area (Å²) in [6, 6.07) is 13.3. The van der Waals surface area contributed by atoms with Crippen molar-refractivity contribution in [3.8, 4) is 11.5 Å². The number of amides is 1. The maximum Gasteiger partial charge on any atom is 0.227 e. The Morgan fingerprint density at radius 2 is 1.77 bits per heavy atom. The highest BCUT2D eigenvalue weighted by Crippen LogP contribution is 2.25. The summed E-state index contributed by atoms with van der Waals surface area (Å²) in [7, 11) is 1.59. The topological polar surface area (TPSA) is 47.6 Å². The molecule has 0 saturated heterocycles. The maximum absolute atomic E-state index is 12.0. The number of hydrogen-bond acceptors (Lipinski definition) is 3. The molecule has 0 atom stereocenters. The quantitative estimate of drug-likeness (QED) is 0.884. The van der Waals surface area contributed by atoms with Crippen molar-refractivity contribution in [1.29, 1.82) is 0 Å². The number of anilines is 1. The third-order valence-electron chi connectivity index (χ3n) is 3.53. The Kier molecular flexibility index (Phi) is 5.42. The van der Waals surface area contributed by atoms with Crippen LogP contribution in [0.2, 0.25) is 0 Å². The summed E-state index contributed by atoms with van der Waals surface area (Å²) >= 11 is 0. The first-order valence-corrected chi connectivity index (χ1v) is 7.23. The van der Waals surface area contributed by atoms with Crippen molar-refractivity contribution < 1.29 is 14.3 Å². The summed E-state index contributed by atoms with van der Waals surface area (Å²) in [6.07, 6.45) is 0.283. The van der Waals surface area contributed by atoms with Gasteiger partial charge >= 0.3 is 0 Å². The first-order valence-electron chi connectivity index (χ1n) is 7.23. The maximum atomic E-state index is 12.0. The van der Waals surface area contributed by atoms with Crippen molar-refractivity contribution in [2.24, 2.45) is 0 Å². The minimum Gasteiger partial charge on any atom is -0.493 e. The predicted octanol–water partition coefficient (Wildman–Crippen LogP) is 3.72. The molecule has 0 radical (unpaired) electrons. The van der Waals surface area contributed by atoms with Gasteiger partial charge in [0.25, 0.3) is 0 Å². The number of hydrogen-bond donors (Lipinski definition) is 1. The number of nitrogens with one attached hydrogen (secondary N) is 1. The molecule has 0 heterocycles. The molecular formula is C18H21NO3. The van der Waals surface area contributed by atoms with Crippen molar-refractivity contribution in [2.45, 2.75) is 20.3 Å². The van der Waals surface area contributed by atoms with Crippen LogP contribution in [0.5, 0.6) is 11.5 Å². The van der Waals surface area contributed by atoms with Crippen LogP contribution < -0.4 is 14.8 Å². The lowest BCUT2D eigenvalue weighted by Crippen LogP contribution is -2.16. The minimum atomic E-state index is -0.0661. The van der Waals surface area contributed by atoms with Gasteiger partial charge in [-0.3, -0.25) is 4.79 Å². The van der Waals surface area contributed by atoms with E-state index in [-0.39, 0.29) is 12.3 Å². The molecule has 0 saturated carbocycles. The molecule has 0 bridgehead atoms. The second kappa shape index (κ2) is 7.50. The fourth-order valence-corrected chi connectivity index (χ4v) is 2.09. The average Bonchev–Trinajstić information content (AvgIpc) is 2.52. The Morgan fingerprint density at radius 1 is 1.05 bits per heavy atom. The van der Waals surface area contributed by atoms with Crippen LogP contribution in [0.4, 0.5) is 5.69 Å². The molecule has 0 aliphatic rings. The summed E-state index contributed by atoms with van der Waals surface area (Å²) < 4.78 is 10.8. The van der Waals surface area contributed by atoms with E-state index < -0.39 is 0 Å². The summed E-state index contributed by atoms with van der Waals surface area (Å²) in [5.74, 6) is 1.24. The number of rotatable bonds is 6. The zero-order chi connectivity index (χ0) is 15.9. The highest BCUT2D eigenvalue weighted by atomic mass is 16.5. The molecule has 0 fully saturated rings. The highest BCUT2D eigenvalue weighted by Gasteiger charge is 2.07. The first kappa shape index (κ1) is 15.9. The van der Waals surface area contributed by atoms with Crippen LogP contribution in [0.25, 0.3) is 0 Å². The number of benzene rings is 2. The zero-order valence-electron chi connectivity index (χ0n) is 13.2. The van der Waals surface area contributed by atoms with Crippen molar-refractivity contribution in [1.82, 2.24) is 0 Å². The van der Waals surface area contributed by atoms with Gasteiger partial charge in [0, 0.05) is 5.69 Å². The third kappa shape index (κ3) is 4.01. The molecule has 4 heteroatoms. The van der Waals surface area contributed by atoms with E-state index in [9.17, 15) is 4.79 Å². The Labute approximate surface area is 131 Å². The van der Waals surface area contributed by atoms with Crippen LogP contribution in [0.15, 0.2) is 42.5 Å². The van der Waals surface area contributed by atoms with Gasteiger partial charge in [0.1, 0.15) is 0 Å². The Balaban J connectivity index is 1.87. The van der Waals surface area contributed by atoms with Gasteiger partial charge in [0.2, 0.25) is 5.91 Å². The third-order valence-corrected chi connectivity index (χ3v) is 3.53. The molecule has 2 aromatic rings. The van der Waals surface area contributed by atoms with E-state index in [1.165, 1.54) is 0 Å². The lowest BCUT2D eigenvalue weighted by Gasteiger charge is -2.12. The molecule has 1 N–H and O–H groups in total. The molecule has 1 amide bonds. The number of ether oxygens (including phenoxy) is 2. The minimum absolute atomic E-state index is 0.0661. The van der Waals surface area contributed by atoms with Gasteiger partial charge in [0.15, 0.2) is 11.5 Å². The van der Waals surface area contributed by atoms with E-state index >= 15 is 0 Å². The summed E-state index contributed by atoms with van der Waals surface area (Å²) in [6.45, 7) is 4.32. The Bertz CT molecular complexity index is 653. The summed E-state index contributed by atoms with van der Waals surface area (Å²) in [5.41, 5.74) is 3.09. The molecule has 2 aromatic carbocycles. The molecular weight excluding hydrogens is 278 g/mol. The van der Waals surface area contributed by atoms with Gasteiger partial charge in [0.05, 0.1) is 20.1 Å². The van der Waals surface area contributed by atoms with Gasteiger partial charge in [-0.15, -0.1) is 0 Å². The SMILES string of the molecule is COc1ccccc1OCCC(=O)Nc1cccc(C)c1C. The van der Waals surface area contributed by atoms with E-state index in [4.69, 9.17) is 9.47 Å². The lowest BCUT2D eigenvalue weighted by molar-refractivity contribution is -0.116. The standard InChI is InChI=1S/C18H21NO3/c1-13-7-6-8-15(14(13)2)19-18(20)11-12-22-17-10-5-4-9-16(17)21-3/h4-10H,11-12H2,1-3H3,(H,19,20). The average molecular weight is 299 g/mol. The van der Waals surface area contributed by atoms with Gasteiger partial charge in [-0.05, 0) is 43.2 Å². The number of carbonyl (C=O) groups is 1. The Hall–Kier alpha value is -2.49. The van der Waals surface area contributed by atoms with Gasteiger partial charge in [-0.1, -0.05) is 24.3 Å². The highest BCUT2D eigenvalue weighted by molar-refractivity contribution is 5.91. The van der Waals surface area contributed by atoms with Crippen molar-refractivity contribution >= 4 is 11.6 Å². The number of para-hydroxylation sites is 2. The Morgan fingerprint density at radius 3 is 2.50 bits per heavy atom. The van der Waals surface area contributed by atoms with Gasteiger partial charge in [-0.2, -0.15) is 0 Å². The molecule has 4 nitrogen and oxygen atoms in total. The molecule has 0 aliphatic carbocycles. The van der Waals surface area contributed by atoms with E-state index in [1.807, 2.05) is 56.3 Å². The summed E-state index contributed by atoms with van der Waals surface area (Å²) in [5, 5.41) is 2.92. The largest absolute Gasteiger partial charge is 0.493 e. The van der Waals surface area contributed by atoms with Crippen molar-refractivity contribution in [3.05, 3.63) is 53.6 Å². The van der Waals surface area contributed by atoms with E-state index in [1.54, 1.807) is 7.11 Å². The normalized spacial score (nSPS) is 10.1. The summed E-state index contributed by atoms with van der Waals surface area (Å²) in [4.78, 5) is 12.0. The molecule has 0 spiro atoms. The second-order valence-corrected chi connectivity index (χ2v) is 5.04. The van der Waals surface area contributed by atoms with Crippen LogP contribution in [0, 0.1) is 13.8 Å². The van der Waals surface area contributed by atoms with Crippen LogP contribution in [0.3, 0.4) is 0 Å². The molecule has 22 heavy (non-hydrogen) atoms. The fourth-order valence-electron chi connectivity index (χ4n) is 2.09. The number of methoxy groups -OCH3 is 1. The zero-order valence-corrected chi connectivity index (χ0v) is 13.2. The second-order valence-electron chi connectivity index (χ2n) is 5.04.